The molecule has 0 rings (SSSR count). The molecule has 0 heterocycles. The molecule has 0 bridgehead atoms. The number of aliphatic imine (C=N–C) groups is 1. The summed E-state index contributed by atoms with van der Waals surface area (Å²) in [5, 5.41) is 0. The number of hydrogen-bond donors (Lipinski definition) is 1. The van der Waals surface area contributed by atoms with Crippen LogP contribution >= 0.6 is 0 Å². The number of hydrogen-bond acceptors (Lipinski definition) is 2. The van der Waals surface area contributed by atoms with Crippen LogP contribution in [0.15, 0.2) is 16.8 Å². The van der Waals surface area contributed by atoms with Crippen molar-refractivity contribution in [2.45, 2.75) is 20.3 Å². The summed E-state index contributed by atoms with van der Waals surface area (Å²) in [6, 6.07) is 0. The Balaban J connectivity index is 3.70. The first-order chi connectivity index (χ1) is 4.35. The first-order valence-corrected chi connectivity index (χ1v) is 3.25. The molecular weight excluding hydrogens is 112 g/mol. The molecule has 2 nitrogen and oxygen atoms in total. The molecule has 0 fully saturated rings. The van der Waals surface area contributed by atoms with Gasteiger partial charge < -0.3 is 5.73 Å². The van der Waals surface area contributed by atoms with Gasteiger partial charge in [0.05, 0.1) is 0 Å². The monoisotopic (exact) mass is 126 g/mol. The molecule has 0 unspecified atom stereocenters. The van der Waals surface area contributed by atoms with Gasteiger partial charge >= 0.3 is 0 Å². The molecule has 2 N–H and O–H groups in total. The number of nitrogens with two attached hydrogens (primary N) is 1. The van der Waals surface area contributed by atoms with Crippen molar-refractivity contribution in [3.05, 3.63) is 11.8 Å². The zero-order valence-electron chi connectivity index (χ0n) is 6.09. The van der Waals surface area contributed by atoms with Crippen LogP contribution in [0.1, 0.15) is 20.3 Å². The van der Waals surface area contributed by atoms with E-state index in [0.29, 0.717) is 0 Å². The van der Waals surface area contributed by atoms with E-state index in [-0.39, 0.29) is 0 Å². The lowest BCUT2D eigenvalue weighted by molar-refractivity contribution is 1.11. The quantitative estimate of drug-likeness (QED) is 0.569. The Hall–Kier alpha value is -0.790. The SMILES string of the molecule is CCN=CC(=CN)CC. The van der Waals surface area contributed by atoms with Gasteiger partial charge in [-0.1, -0.05) is 6.92 Å². The van der Waals surface area contributed by atoms with Gasteiger partial charge in [0.1, 0.15) is 0 Å². The average Bonchev–Trinajstić information content (AvgIpc) is 1.91. The summed E-state index contributed by atoms with van der Waals surface area (Å²) in [6.07, 6.45) is 4.37. The van der Waals surface area contributed by atoms with E-state index in [4.69, 9.17) is 5.73 Å². The predicted octanol–water partition coefficient (Wildman–Crippen LogP) is 1.33. The molecule has 0 radical (unpaired) electrons. The van der Waals surface area contributed by atoms with Crippen LogP contribution in [0.4, 0.5) is 0 Å². The molecule has 0 aliphatic carbocycles. The second-order valence-electron chi connectivity index (χ2n) is 1.72. The van der Waals surface area contributed by atoms with E-state index in [1.165, 1.54) is 0 Å². The van der Waals surface area contributed by atoms with Crippen LogP contribution in [0.3, 0.4) is 0 Å². The maximum absolute atomic E-state index is 5.27. The zero-order chi connectivity index (χ0) is 7.11. The van der Waals surface area contributed by atoms with Crippen LogP contribution in [-0.2, 0) is 0 Å². The van der Waals surface area contributed by atoms with Crippen molar-refractivity contribution in [1.29, 1.82) is 0 Å². The average molecular weight is 126 g/mol. The van der Waals surface area contributed by atoms with Gasteiger partial charge in [-0.15, -0.1) is 0 Å². The minimum Gasteiger partial charge on any atom is -0.404 e. The Kier molecular flexibility index (Phi) is 4.88. The number of rotatable bonds is 3. The first kappa shape index (κ1) is 8.21. The molecule has 0 saturated carbocycles. The lowest BCUT2D eigenvalue weighted by atomic mass is 10.2. The third-order valence-corrected chi connectivity index (χ3v) is 1.06. The summed E-state index contributed by atoms with van der Waals surface area (Å²) >= 11 is 0. The molecule has 0 aromatic carbocycles. The Morgan fingerprint density at radius 3 is 2.56 bits per heavy atom. The van der Waals surface area contributed by atoms with E-state index in [1.54, 1.807) is 6.20 Å². The Labute approximate surface area is 56.5 Å². The smallest absolute Gasteiger partial charge is 0.0361 e. The fourth-order valence-corrected chi connectivity index (χ4v) is 0.461. The van der Waals surface area contributed by atoms with Crippen LogP contribution < -0.4 is 5.73 Å². The van der Waals surface area contributed by atoms with Crippen molar-refractivity contribution in [3.8, 4) is 0 Å². The molecule has 52 valence electrons. The second kappa shape index (κ2) is 5.35. The van der Waals surface area contributed by atoms with Gasteiger partial charge in [-0.2, -0.15) is 0 Å². The maximum atomic E-state index is 5.27. The Bertz CT molecular complexity index is 114. The maximum Gasteiger partial charge on any atom is 0.0361 e. The Morgan fingerprint density at radius 1 is 1.56 bits per heavy atom. The van der Waals surface area contributed by atoms with Crippen LogP contribution in [0.25, 0.3) is 0 Å². The van der Waals surface area contributed by atoms with Crippen molar-refractivity contribution in [2.75, 3.05) is 6.54 Å². The number of nitrogens with zero attached hydrogens (tertiary/aromatic N) is 1. The predicted molar refractivity (Wildman–Crippen MR) is 41.6 cm³/mol. The lowest BCUT2D eigenvalue weighted by Crippen LogP contribution is -1.89. The molecule has 0 spiro atoms. The highest BCUT2D eigenvalue weighted by Gasteiger charge is 1.82. The highest BCUT2D eigenvalue weighted by Crippen LogP contribution is 1.92. The van der Waals surface area contributed by atoms with E-state index in [9.17, 15) is 0 Å². The molecule has 0 saturated heterocycles. The lowest BCUT2D eigenvalue weighted by Gasteiger charge is -1.90. The van der Waals surface area contributed by atoms with Gasteiger partial charge in [-0.25, -0.2) is 0 Å². The van der Waals surface area contributed by atoms with E-state index >= 15 is 0 Å². The standard InChI is InChI=1S/C7H14N2/c1-3-7(5-8)6-9-4-2/h5-6H,3-4,8H2,1-2H3. The van der Waals surface area contributed by atoms with Gasteiger partial charge in [0, 0.05) is 12.8 Å². The van der Waals surface area contributed by atoms with Crippen molar-refractivity contribution < 1.29 is 0 Å². The summed E-state index contributed by atoms with van der Waals surface area (Å²) in [6.45, 7) is 4.89. The third kappa shape index (κ3) is 3.76. The summed E-state index contributed by atoms with van der Waals surface area (Å²) in [7, 11) is 0. The van der Waals surface area contributed by atoms with Crippen molar-refractivity contribution in [1.82, 2.24) is 0 Å². The van der Waals surface area contributed by atoms with E-state index in [0.717, 1.165) is 18.5 Å². The number of allylic oxidation sites excluding steroid dienone is 1. The summed E-state index contributed by atoms with van der Waals surface area (Å²) in [5.74, 6) is 0. The molecule has 0 atom stereocenters. The molecule has 9 heavy (non-hydrogen) atoms. The van der Waals surface area contributed by atoms with Crippen LogP contribution in [0, 0.1) is 0 Å². The summed E-state index contributed by atoms with van der Waals surface area (Å²) in [4.78, 5) is 4.04. The zero-order valence-corrected chi connectivity index (χ0v) is 6.09. The highest BCUT2D eigenvalue weighted by molar-refractivity contribution is 5.78. The molecular formula is C7H14N2. The fourth-order valence-electron chi connectivity index (χ4n) is 0.461. The fraction of sp³-hybridized carbons (Fsp3) is 0.571. The Morgan fingerprint density at radius 2 is 2.22 bits per heavy atom. The largest absolute Gasteiger partial charge is 0.404 e. The minimum atomic E-state index is 0.831. The van der Waals surface area contributed by atoms with Gasteiger partial charge in [-0.05, 0) is 25.1 Å². The molecule has 2 heteroatoms. The second-order valence-corrected chi connectivity index (χ2v) is 1.72. The van der Waals surface area contributed by atoms with Gasteiger partial charge in [-0.3, -0.25) is 4.99 Å². The van der Waals surface area contributed by atoms with Crippen LogP contribution in [0.2, 0.25) is 0 Å². The minimum absolute atomic E-state index is 0.831. The van der Waals surface area contributed by atoms with Gasteiger partial charge in [0.2, 0.25) is 0 Å². The summed E-state index contributed by atoms with van der Waals surface area (Å²) < 4.78 is 0. The van der Waals surface area contributed by atoms with Crippen molar-refractivity contribution >= 4 is 6.21 Å². The molecule has 0 aromatic heterocycles. The van der Waals surface area contributed by atoms with Crippen molar-refractivity contribution in [2.24, 2.45) is 10.7 Å². The van der Waals surface area contributed by atoms with Crippen molar-refractivity contribution in [3.63, 3.8) is 0 Å². The van der Waals surface area contributed by atoms with Crippen LogP contribution in [-0.4, -0.2) is 12.8 Å². The van der Waals surface area contributed by atoms with Gasteiger partial charge in [0.25, 0.3) is 0 Å². The van der Waals surface area contributed by atoms with Crippen LogP contribution in [0.5, 0.6) is 0 Å². The van der Waals surface area contributed by atoms with Gasteiger partial charge in [0.15, 0.2) is 0 Å². The molecule has 0 amide bonds. The molecule has 0 aliphatic heterocycles. The first-order valence-electron chi connectivity index (χ1n) is 3.25. The normalized spacial score (nSPS) is 12.9. The third-order valence-electron chi connectivity index (χ3n) is 1.06. The van der Waals surface area contributed by atoms with E-state index in [2.05, 4.69) is 11.9 Å². The molecule has 0 aromatic rings. The molecule has 0 aliphatic rings. The topological polar surface area (TPSA) is 38.4 Å². The summed E-state index contributed by atoms with van der Waals surface area (Å²) in [5.41, 5.74) is 6.37. The van der Waals surface area contributed by atoms with E-state index < -0.39 is 0 Å². The highest BCUT2D eigenvalue weighted by atomic mass is 14.7. The van der Waals surface area contributed by atoms with E-state index in [1.807, 2.05) is 13.1 Å².